The van der Waals surface area contributed by atoms with Gasteiger partial charge < -0.3 is 19.5 Å². The van der Waals surface area contributed by atoms with Crippen LogP contribution in [0.5, 0.6) is 5.88 Å². The van der Waals surface area contributed by atoms with Gasteiger partial charge >= 0.3 is 0 Å². The van der Waals surface area contributed by atoms with Crippen molar-refractivity contribution in [3.63, 3.8) is 0 Å². The van der Waals surface area contributed by atoms with Gasteiger partial charge in [-0.05, 0) is 11.6 Å². The highest BCUT2D eigenvalue weighted by molar-refractivity contribution is 5.89. The third-order valence-electron chi connectivity index (χ3n) is 4.86. The molecule has 1 aliphatic heterocycles. The molecule has 1 saturated heterocycles. The maximum Gasteiger partial charge on any atom is 0.234 e. The van der Waals surface area contributed by atoms with Crippen LogP contribution in [0.2, 0.25) is 0 Å². The molecule has 1 fully saturated rings. The van der Waals surface area contributed by atoms with Crippen LogP contribution in [0.3, 0.4) is 0 Å². The van der Waals surface area contributed by atoms with Gasteiger partial charge in [-0.1, -0.05) is 18.2 Å². The normalized spacial score (nSPS) is 16.7. The molecule has 1 unspecified atom stereocenters. The lowest BCUT2D eigenvalue weighted by Crippen LogP contribution is -2.32. The number of fused-ring (bicyclic) bond motifs is 1. The number of H-pyrrole nitrogens is 1. The van der Waals surface area contributed by atoms with Crippen molar-refractivity contribution in [2.24, 2.45) is 0 Å². The summed E-state index contributed by atoms with van der Waals surface area (Å²) in [4.78, 5) is 28.3. The number of benzene rings is 1. The number of carbonyl (C=O) groups excluding carboxylic acids is 1. The fourth-order valence-electron chi connectivity index (χ4n) is 3.38. The van der Waals surface area contributed by atoms with Crippen LogP contribution < -0.4 is 9.64 Å². The van der Waals surface area contributed by atoms with Crippen LogP contribution in [0.4, 0.5) is 5.82 Å². The molecule has 1 N–H and O–H groups in total. The molecule has 3 aromatic rings. The van der Waals surface area contributed by atoms with Crippen molar-refractivity contribution in [2.45, 2.75) is 18.9 Å². The molecule has 0 saturated carbocycles. The van der Waals surface area contributed by atoms with E-state index in [4.69, 9.17) is 4.74 Å². The summed E-state index contributed by atoms with van der Waals surface area (Å²) < 4.78 is 5.95. The first kappa shape index (κ1) is 17.3. The van der Waals surface area contributed by atoms with Gasteiger partial charge in [0.1, 0.15) is 6.10 Å². The second-order valence-electron chi connectivity index (χ2n) is 7.01. The molecule has 1 atom stereocenters. The van der Waals surface area contributed by atoms with Crippen LogP contribution in [0.15, 0.2) is 42.9 Å². The number of likely N-dealkylation sites (tertiary alicyclic amines) is 1. The van der Waals surface area contributed by atoms with E-state index >= 15 is 0 Å². The zero-order valence-electron chi connectivity index (χ0n) is 15.6. The van der Waals surface area contributed by atoms with Gasteiger partial charge in [0.25, 0.3) is 0 Å². The third kappa shape index (κ3) is 3.72. The first-order valence-electron chi connectivity index (χ1n) is 9.09. The number of ether oxygens (including phenoxy) is 1. The molecule has 7 heteroatoms. The molecule has 0 bridgehead atoms. The summed E-state index contributed by atoms with van der Waals surface area (Å²) in [5, 5.41) is 1.11. The van der Waals surface area contributed by atoms with Gasteiger partial charge in [-0.3, -0.25) is 9.78 Å². The van der Waals surface area contributed by atoms with Gasteiger partial charge in [0.2, 0.25) is 11.8 Å². The smallest absolute Gasteiger partial charge is 0.234 e. The number of para-hydroxylation sites is 1. The van der Waals surface area contributed by atoms with Crippen LogP contribution in [0.1, 0.15) is 12.0 Å². The average molecular weight is 365 g/mol. The number of nitrogens with one attached hydrogen (secondary N) is 1. The molecule has 27 heavy (non-hydrogen) atoms. The fraction of sp³-hybridized carbons (Fsp3) is 0.350. The van der Waals surface area contributed by atoms with Gasteiger partial charge in [0, 0.05) is 44.2 Å². The Morgan fingerprint density at radius 1 is 1.33 bits per heavy atom. The molecular formula is C20H23N5O2. The molecule has 3 heterocycles. The average Bonchev–Trinajstić information content (AvgIpc) is 3.29. The number of hydrogen-bond acceptors (Lipinski definition) is 5. The van der Waals surface area contributed by atoms with E-state index in [-0.39, 0.29) is 12.0 Å². The fourth-order valence-corrected chi connectivity index (χ4v) is 3.38. The first-order chi connectivity index (χ1) is 13.1. The second kappa shape index (κ2) is 7.26. The van der Waals surface area contributed by atoms with Crippen LogP contribution in [-0.4, -0.2) is 59.0 Å². The highest BCUT2D eigenvalue weighted by atomic mass is 16.5. The topological polar surface area (TPSA) is 74.3 Å². The quantitative estimate of drug-likeness (QED) is 0.751. The van der Waals surface area contributed by atoms with Crippen LogP contribution in [-0.2, 0) is 11.2 Å². The Hall–Kier alpha value is -3.09. The van der Waals surface area contributed by atoms with Crippen LogP contribution >= 0.6 is 0 Å². The molecule has 7 nitrogen and oxygen atoms in total. The van der Waals surface area contributed by atoms with E-state index in [1.54, 1.807) is 12.4 Å². The molecule has 140 valence electrons. The molecule has 1 aromatic carbocycles. The number of carbonyl (C=O) groups is 1. The summed E-state index contributed by atoms with van der Waals surface area (Å²) in [6.07, 6.45) is 6.38. The van der Waals surface area contributed by atoms with E-state index in [0.717, 1.165) is 28.7 Å². The number of nitrogens with zero attached hydrogens (tertiary/aromatic N) is 4. The van der Waals surface area contributed by atoms with Crippen molar-refractivity contribution in [1.82, 2.24) is 19.9 Å². The summed E-state index contributed by atoms with van der Waals surface area (Å²) in [5.41, 5.74) is 2.09. The molecular weight excluding hydrogens is 342 g/mol. The van der Waals surface area contributed by atoms with E-state index < -0.39 is 0 Å². The first-order valence-corrected chi connectivity index (χ1v) is 9.09. The Labute approximate surface area is 158 Å². The van der Waals surface area contributed by atoms with Crippen molar-refractivity contribution in [1.29, 1.82) is 0 Å². The Kier molecular flexibility index (Phi) is 4.66. The number of rotatable bonds is 5. The van der Waals surface area contributed by atoms with E-state index in [9.17, 15) is 4.79 Å². The summed E-state index contributed by atoms with van der Waals surface area (Å²) in [7, 11) is 3.82. The molecule has 1 amide bonds. The SMILES string of the molecule is CN(C)c1cncc(OC2CCN(C(=O)Cc3c[nH]c4ccccc34)C2)n1. The number of aromatic amines is 1. The van der Waals surface area contributed by atoms with Crippen molar-refractivity contribution < 1.29 is 9.53 Å². The van der Waals surface area contributed by atoms with Gasteiger partial charge in [0.05, 0.1) is 25.4 Å². The number of hydrogen-bond donors (Lipinski definition) is 1. The highest BCUT2D eigenvalue weighted by Gasteiger charge is 2.28. The van der Waals surface area contributed by atoms with Crippen LogP contribution in [0, 0.1) is 0 Å². The Bertz CT molecular complexity index is 952. The third-order valence-corrected chi connectivity index (χ3v) is 4.86. The predicted octanol–water partition coefficient (Wildman–Crippen LogP) is 2.25. The van der Waals surface area contributed by atoms with Gasteiger partial charge in [-0.15, -0.1) is 0 Å². The Morgan fingerprint density at radius 3 is 3.04 bits per heavy atom. The minimum absolute atomic E-state index is 0.0522. The standard InChI is InChI=1S/C20H23N5O2/c1-24(2)18-11-21-12-19(23-18)27-15-7-8-25(13-15)20(26)9-14-10-22-17-6-4-3-5-16(14)17/h3-6,10-12,15,22H,7-9,13H2,1-2H3. The molecule has 0 radical (unpaired) electrons. The van der Waals surface area contributed by atoms with Crippen molar-refractivity contribution in [3.05, 3.63) is 48.4 Å². The maximum atomic E-state index is 12.7. The van der Waals surface area contributed by atoms with E-state index in [2.05, 4.69) is 15.0 Å². The molecule has 0 spiro atoms. The molecule has 4 rings (SSSR count). The Balaban J connectivity index is 1.37. The van der Waals surface area contributed by atoms with Gasteiger partial charge in [-0.25, -0.2) is 0 Å². The van der Waals surface area contributed by atoms with E-state index in [1.165, 1.54) is 0 Å². The molecule has 0 aliphatic carbocycles. The maximum absolute atomic E-state index is 12.7. The van der Waals surface area contributed by atoms with Crippen LogP contribution in [0.25, 0.3) is 10.9 Å². The lowest BCUT2D eigenvalue weighted by molar-refractivity contribution is -0.129. The van der Waals surface area contributed by atoms with Gasteiger partial charge in [-0.2, -0.15) is 4.98 Å². The molecule has 1 aliphatic rings. The largest absolute Gasteiger partial charge is 0.471 e. The highest BCUT2D eigenvalue weighted by Crippen LogP contribution is 2.21. The minimum Gasteiger partial charge on any atom is -0.471 e. The second-order valence-corrected chi connectivity index (χ2v) is 7.01. The van der Waals surface area contributed by atoms with E-state index in [1.807, 2.05) is 54.4 Å². The monoisotopic (exact) mass is 365 g/mol. The van der Waals surface area contributed by atoms with Gasteiger partial charge in [0.15, 0.2) is 5.82 Å². The lowest BCUT2D eigenvalue weighted by atomic mass is 10.1. The lowest BCUT2D eigenvalue weighted by Gasteiger charge is -2.17. The Morgan fingerprint density at radius 2 is 2.19 bits per heavy atom. The van der Waals surface area contributed by atoms with Crippen molar-refractivity contribution in [2.75, 3.05) is 32.1 Å². The number of aromatic nitrogens is 3. The molecule has 2 aromatic heterocycles. The zero-order chi connectivity index (χ0) is 18.8. The predicted molar refractivity (Wildman–Crippen MR) is 104 cm³/mol. The number of anilines is 1. The summed E-state index contributed by atoms with van der Waals surface area (Å²) in [6, 6.07) is 8.04. The van der Waals surface area contributed by atoms with Crippen molar-refractivity contribution >= 4 is 22.6 Å². The summed E-state index contributed by atoms with van der Waals surface area (Å²) >= 11 is 0. The van der Waals surface area contributed by atoms with Crippen molar-refractivity contribution in [3.8, 4) is 5.88 Å². The number of amides is 1. The zero-order valence-corrected chi connectivity index (χ0v) is 15.6. The summed E-state index contributed by atoms with van der Waals surface area (Å²) in [6.45, 7) is 1.28. The van der Waals surface area contributed by atoms with E-state index in [0.29, 0.717) is 25.4 Å². The minimum atomic E-state index is -0.0522. The summed E-state index contributed by atoms with van der Waals surface area (Å²) in [5.74, 6) is 1.37.